The summed E-state index contributed by atoms with van der Waals surface area (Å²) in [7, 11) is 0. The standard InChI is InChI=1S/C16H22O5/c1-11(2)21-13-6-4-12(5-7-13)10-14(15(17)18)16(3)19-8-9-20-16/h4-7,11,14H,8-10H2,1-3H3,(H,17,18). The van der Waals surface area contributed by atoms with E-state index in [2.05, 4.69) is 0 Å². The lowest BCUT2D eigenvalue weighted by Crippen LogP contribution is -2.42. The zero-order valence-corrected chi connectivity index (χ0v) is 12.7. The summed E-state index contributed by atoms with van der Waals surface area (Å²) in [6, 6.07) is 7.47. The van der Waals surface area contributed by atoms with E-state index in [1.807, 2.05) is 38.1 Å². The van der Waals surface area contributed by atoms with Gasteiger partial charge in [0.25, 0.3) is 0 Å². The minimum Gasteiger partial charge on any atom is -0.491 e. The molecule has 0 aromatic heterocycles. The maximum Gasteiger partial charge on any atom is 0.312 e. The van der Waals surface area contributed by atoms with Gasteiger partial charge in [0.05, 0.1) is 19.3 Å². The summed E-state index contributed by atoms with van der Waals surface area (Å²) in [6.07, 6.45) is 0.468. The first-order valence-corrected chi connectivity index (χ1v) is 7.17. The van der Waals surface area contributed by atoms with Crippen molar-refractivity contribution in [2.24, 2.45) is 5.92 Å². The Morgan fingerprint density at radius 2 is 1.86 bits per heavy atom. The molecule has 1 fully saturated rings. The SMILES string of the molecule is CC(C)Oc1ccc(CC(C(=O)O)C2(C)OCCO2)cc1. The number of ether oxygens (including phenoxy) is 3. The minimum atomic E-state index is -1.06. The van der Waals surface area contributed by atoms with Crippen LogP contribution in [0.3, 0.4) is 0 Å². The normalized spacial score (nSPS) is 18.7. The Hall–Kier alpha value is -1.59. The van der Waals surface area contributed by atoms with E-state index in [0.29, 0.717) is 19.6 Å². The van der Waals surface area contributed by atoms with Gasteiger partial charge in [-0.3, -0.25) is 4.79 Å². The first-order valence-electron chi connectivity index (χ1n) is 7.17. The number of carbonyl (C=O) groups is 1. The van der Waals surface area contributed by atoms with E-state index in [9.17, 15) is 9.90 Å². The second-order valence-corrected chi connectivity index (χ2v) is 5.62. The van der Waals surface area contributed by atoms with Gasteiger partial charge in [0.15, 0.2) is 5.79 Å². The van der Waals surface area contributed by atoms with Gasteiger partial charge in [-0.25, -0.2) is 0 Å². The summed E-state index contributed by atoms with van der Waals surface area (Å²) in [5.41, 5.74) is 0.916. The highest BCUT2D eigenvalue weighted by Gasteiger charge is 2.44. The molecule has 0 radical (unpaired) electrons. The van der Waals surface area contributed by atoms with E-state index >= 15 is 0 Å². The predicted octanol–water partition coefficient (Wildman–Crippen LogP) is 2.48. The molecule has 0 bridgehead atoms. The van der Waals surface area contributed by atoms with Crippen molar-refractivity contribution in [2.75, 3.05) is 13.2 Å². The van der Waals surface area contributed by atoms with Gasteiger partial charge in [0, 0.05) is 0 Å². The second-order valence-electron chi connectivity index (χ2n) is 5.62. The van der Waals surface area contributed by atoms with Crippen molar-refractivity contribution in [3.8, 4) is 5.75 Å². The molecule has 1 aromatic carbocycles. The van der Waals surface area contributed by atoms with Crippen molar-refractivity contribution in [3.05, 3.63) is 29.8 Å². The average Bonchev–Trinajstić information content (AvgIpc) is 2.84. The molecular formula is C16H22O5. The summed E-state index contributed by atoms with van der Waals surface area (Å²) in [5.74, 6) is -1.93. The molecule has 5 heteroatoms. The van der Waals surface area contributed by atoms with E-state index in [0.717, 1.165) is 11.3 Å². The zero-order chi connectivity index (χ0) is 15.5. The quantitative estimate of drug-likeness (QED) is 0.873. The molecule has 5 nitrogen and oxygen atoms in total. The summed E-state index contributed by atoms with van der Waals surface area (Å²) < 4.78 is 16.5. The number of benzene rings is 1. The average molecular weight is 294 g/mol. The first kappa shape index (κ1) is 15.8. The second kappa shape index (κ2) is 6.45. The smallest absolute Gasteiger partial charge is 0.312 e. The number of hydrogen-bond donors (Lipinski definition) is 1. The molecule has 2 rings (SSSR count). The van der Waals surface area contributed by atoms with Crippen LogP contribution in [0.1, 0.15) is 26.3 Å². The highest BCUT2D eigenvalue weighted by Crippen LogP contribution is 2.31. The van der Waals surface area contributed by atoms with Gasteiger partial charge in [-0.15, -0.1) is 0 Å². The molecule has 0 saturated carbocycles. The van der Waals surface area contributed by atoms with Crippen LogP contribution in [-0.2, 0) is 20.7 Å². The van der Waals surface area contributed by atoms with Gasteiger partial charge in [0.1, 0.15) is 11.7 Å². The van der Waals surface area contributed by atoms with Gasteiger partial charge in [0.2, 0.25) is 0 Å². The summed E-state index contributed by atoms with van der Waals surface area (Å²) >= 11 is 0. The Kier molecular flexibility index (Phi) is 4.85. The van der Waals surface area contributed by atoms with Crippen molar-refractivity contribution < 1.29 is 24.1 Å². The predicted molar refractivity (Wildman–Crippen MR) is 77.3 cm³/mol. The molecule has 0 spiro atoms. The fourth-order valence-electron chi connectivity index (χ4n) is 2.44. The van der Waals surface area contributed by atoms with Gasteiger partial charge < -0.3 is 19.3 Å². The monoisotopic (exact) mass is 294 g/mol. The number of carboxylic acids is 1. The lowest BCUT2D eigenvalue weighted by molar-refractivity contribution is -0.196. The van der Waals surface area contributed by atoms with Crippen LogP contribution in [-0.4, -0.2) is 36.2 Å². The first-order chi connectivity index (χ1) is 9.90. The molecule has 1 aliphatic rings. The molecule has 0 aliphatic carbocycles. The van der Waals surface area contributed by atoms with Crippen LogP contribution in [0.4, 0.5) is 0 Å². The van der Waals surface area contributed by atoms with Crippen LogP contribution in [0.15, 0.2) is 24.3 Å². The van der Waals surface area contributed by atoms with E-state index in [1.165, 1.54) is 0 Å². The van der Waals surface area contributed by atoms with Gasteiger partial charge >= 0.3 is 5.97 Å². The lowest BCUT2D eigenvalue weighted by atomic mass is 9.92. The Labute approximate surface area is 124 Å². The molecule has 1 heterocycles. The van der Waals surface area contributed by atoms with Crippen molar-refractivity contribution in [2.45, 2.75) is 39.1 Å². The third-order valence-corrected chi connectivity index (χ3v) is 3.53. The van der Waals surface area contributed by atoms with Crippen LogP contribution in [0.25, 0.3) is 0 Å². The van der Waals surface area contributed by atoms with Crippen LogP contribution in [0.5, 0.6) is 5.75 Å². The topological polar surface area (TPSA) is 65.0 Å². The van der Waals surface area contributed by atoms with E-state index in [4.69, 9.17) is 14.2 Å². The summed E-state index contributed by atoms with van der Waals surface area (Å²) in [4.78, 5) is 11.5. The Morgan fingerprint density at radius 3 is 2.33 bits per heavy atom. The number of rotatable bonds is 6. The van der Waals surface area contributed by atoms with Crippen LogP contribution in [0, 0.1) is 5.92 Å². The van der Waals surface area contributed by atoms with Gasteiger partial charge in [-0.05, 0) is 44.9 Å². The van der Waals surface area contributed by atoms with Crippen molar-refractivity contribution in [1.82, 2.24) is 0 Å². The number of carboxylic acid groups (broad SMARTS) is 1. The minimum absolute atomic E-state index is 0.113. The number of hydrogen-bond acceptors (Lipinski definition) is 4. The van der Waals surface area contributed by atoms with E-state index < -0.39 is 17.7 Å². The fraction of sp³-hybridized carbons (Fsp3) is 0.562. The fourth-order valence-corrected chi connectivity index (χ4v) is 2.44. The molecule has 1 aliphatic heterocycles. The largest absolute Gasteiger partial charge is 0.491 e. The summed E-state index contributed by atoms with van der Waals surface area (Å²) in [5, 5.41) is 9.45. The van der Waals surface area contributed by atoms with Gasteiger partial charge in [-0.1, -0.05) is 12.1 Å². The lowest BCUT2D eigenvalue weighted by Gasteiger charge is -2.29. The molecule has 0 amide bonds. The molecule has 1 saturated heterocycles. The van der Waals surface area contributed by atoms with E-state index in [-0.39, 0.29) is 6.10 Å². The Bertz CT molecular complexity index is 474. The molecule has 1 atom stereocenters. The van der Waals surface area contributed by atoms with Crippen molar-refractivity contribution in [1.29, 1.82) is 0 Å². The summed E-state index contributed by atoms with van der Waals surface area (Å²) in [6.45, 7) is 6.48. The molecular weight excluding hydrogens is 272 g/mol. The maximum absolute atomic E-state index is 11.5. The Morgan fingerprint density at radius 1 is 1.29 bits per heavy atom. The van der Waals surface area contributed by atoms with Crippen LogP contribution < -0.4 is 4.74 Å². The molecule has 1 aromatic rings. The van der Waals surface area contributed by atoms with E-state index in [1.54, 1.807) is 6.92 Å². The van der Waals surface area contributed by atoms with Crippen molar-refractivity contribution >= 4 is 5.97 Å². The zero-order valence-electron chi connectivity index (χ0n) is 12.7. The highest BCUT2D eigenvalue weighted by atomic mass is 16.7. The number of aliphatic carboxylic acids is 1. The van der Waals surface area contributed by atoms with Crippen LogP contribution in [0.2, 0.25) is 0 Å². The maximum atomic E-state index is 11.5. The Balaban J connectivity index is 2.08. The third kappa shape index (κ3) is 3.95. The molecule has 1 N–H and O–H groups in total. The molecule has 1 unspecified atom stereocenters. The highest BCUT2D eigenvalue weighted by molar-refractivity contribution is 5.71. The molecule has 116 valence electrons. The van der Waals surface area contributed by atoms with Gasteiger partial charge in [-0.2, -0.15) is 0 Å². The third-order valence-electron chi connectivity index (χ3n) is 3.53. The molecule has 21 heavy (non-hydrogen) atoms. The van der Waals surface area contributed by atoms with Crippen LogP contribution >= 0.6 is 0 Å². The van der Waals surface area contributed by atoms with Crippen molar-refractivity contribution in [3.63, 3.8) is 0 Å².